The van der Waals surface area contributed by atoms with Gasteiger partial charge < -0.3 is 14.3 Å². The summed E-state index contributed by atoms with van der Waals surface area (Å²) >= 11 is 5.88. The molecule has 0 bridgehead atoms. The quantitative estimate of drug-likeness (QED) is 0.468. The fourth-order valence-corrected chi connectivity index (χ4v) is 2.65. The minimum absolute atomic E-state index is 0.00246. The third-order valence-corrected chi connectivity index (χ3v) is 4.21. The van der Waals surface area contributed by atoms with Gasteiger partial charge in [0, 0.05) is 11.1 Å². The average Bonchev–Trinajstić information content (AvgIpc) is 3.15. The lowest BCUT2D eigenvalue weighted by molar-refractivity contribution is 0.0697. The number of halogens is 1. The van der Waals surface area contributed by atoms with Crippen LogP contribution in [0.5, 0.6) is 5.75 Å². The van der Waals surface area contributed by atoms with Crippen molar-refractivity contribution in [2.45, 2.75) is 0 Å². The number of aromatic carboxylic acids is 1. The summed E-state index contributed by atoms with van der Waals surface area (Å²) in [6.45, 7) is 0. The summed E-state index contributed by atoms with van der Waals surface area (Å²) in [6.07, 6.45) is 2.97. The van der Waals surface area contributed by atoms with Crippen LogP contribution in [0.25, 0.3) is 17.4 Å². The van der Waals surface area contributed by atoms with Gasteiger partial charge in [0.1, 0.15) is 17.3 Å². The zero-order chi connectivity index (χ0) is 19.4. The van der Waals surface area contributed by atoms with E-state index in [1.54, 1.807) is 55.7 Å². The van der Waals surface area contributed by atoms with Crippen molar-refractivity contribution in [3.8, 4) is 17.1 Å². The molecule has 0 saturated carbocycles. The Balaban J connectivity index is 1.77. The number of carboxylic acid groups (broad SMARTS) is 1. The van der Waals surface area contributed by atoms with Crippen molar-refractivity contribution in [2.24, 2.45) is 0 Å². The molecule has 0 saturated heterocycles. The predicted molar refractivity (Wildman–Crippen MR) is 102 cm³/mol. The minimum Gasteiger partial charge on any atom is -0.497 e. The van der Waals surface area contributed by atoms with Crippen LogP contribution in [0.1, 0.15) is 26.5 Å². The van der Waals surface area contributed by atoms with Crippen LogP contribution >= 0.6 is 11.6 Å². The molecule has 6 heteroatoms. The first-order chi connectivity index (χ1) is 13.0. The molecule has 1 heterocycles. The Morgan fingerprint density at radius 1 is 1.07 bits per heavy atom. The topological polar surface area (TPSA) is 76.7 Å². The van der Waals surface area contributed by atoms with Gasteiger partial charge in [-0.05, 0) is 66.7 Å². The van der Waals surface area contributed by atoms with Crippen LogP contribution in [0.4, 0.5) is 0 Å². The molecule has 2 aromatic carbocycles. The molecular formula is C21H15ClO5. The van der Waals surface area contributed by atoms with Crippen LogP contribution in [0, 0.1) is 0 Å². The predicted octanol–water partition coefficient (Wildman–Crippen LogP) is 5.20. The number of ketones is 1. The second-order valence-corrected chi connectivity index (χ2v) is 6.04. The molecule has 0 aliphatic carbocycles. The molecule has 0 amide bonds. The lowest BCUT2D eigenvalue weighted by atomic mass is 10.1. The largest absolute Gasteiger partial charge is 0.497 e. The second kappa shape index (κ2) is 7.93. The van der Waals surface area contributed by atoms with Crippen LogP contribution in [0.15, 0.2) is 65.1 Å². The van der Waals surface area contributed by atoms with E-state index in [0.717, 1.165) is 0 Å². The number of benzene rings is 2. The molecule has 0 aliphatic rings. The first kappa shape index (κ1) is 18.5. The summed E-state index contributed by atoms with van der Waals surface area (Å²) in [5.41, 5.74) is 1.11. The van der Waals surface area contributed by atoms with Gasteiger partial charge in [0.05, 0.1) is 17.7 Å². The number of carbonyl (C=O) groups excluding carboxylic acids is 1. The standard InChI is InChI=1S/C21H15ClO5/c1-26-15-5-2-13(3-6-15)19(23)10-7-16-8-11-20(27-16)14-4-9-18(22)17(12-14)21(24)25/h2-12H,1H3,(H,24,25)/b10-7+. The lowest BCUT2D eigenvalue weighted by Gasteiger charge is -2.02. The Kier molecular flexibility index (Phi) is 5.43. The summed E-state index contributed by atoms with van der Waals surface area (Å²) in [6, 6.07) is 14.8. The molecule has 0 unspecified atom stereocenters. The molecule has 0 aliphatic heterocycles. The van der Waals surface area contributed by atoms with Crippen LogP contribution in [-0.2, 0) is 0 Å². The van der Waals surface area contributed by atoms with Crippen molar-refractivity contribution >= 4 is 29.4 Å². The highest BCUT2D eigenvalue weighted by Crippen LogP contribution is 2.27. The van der Waals surface area contributed by atoms with E-state index in [-0.39, 0.29) is 16.4 Å². The molecule has 1 aromatic heterocycles. The molecule has 136 valence electrons. The number of carboxylic acids is 1. The monoisotopic (exact) mass is 382 g/mol. The van der Waals surface area contributed by atoms with E-state index in [9.17, 15) is 9.59 Å². The van der Waals surface area contributed by atoms with Crippen LogP contribution in [0.2, 0.25) is 5.02 Å². The Bertz CT molecular complexity index is 1020. The molecule has 0 fully saturated rings. The van der Waals surface area contributed by atoms with Crippen molar-refractivity contribution in [3.05, 3.63) is 82.6 Å². The van der Waals surface area contributed by atoms with Gasteiger partial charge in [-0.25, -0.2) is 4.79 Å². The summed E-state index contributed by atoms with van der Waals surface area (Å²) in [7, 11) is 1.56. The van der Waals surface area contributed by atoms with Gasteiger partial charge in [-0.15, -0.1) is 0 Å². The van der Waals surface area contributed by atoms with E-state index in [2.05, 4.69) is 0 Å². The highest BCUT2D eigenvalue weighted by Gasteiger charge is 2.12. The Hall–Kier alpha value is -3.31. The van der Waals surface area contributed by atoms with Crippen molar-refractivity contribution in [1.82, 2.24) is 0 Å². The van der Waals surface area contributed by atoms with E-state index < -0.39 is 5.97 Å². The Labute approximate surface area is 160 Å². The minimum atomic E-state index is -1.11. The molecule has 3 rings (SSSR count). The van der Waals surface area contributed by atoms with Gasteiger partial charge in [-0.1, -0.05) is 11.6 Å². The van der Waals surface area contributed by atoms with Crippen LogP contribution in [-0.4, -0.2) is 24.0 Å². The molecule has 27 heavy (non-hydrogen) atoms. The van der Waals surface area contributed by atoms with Crippen molar-refractivity contribution in [3.63, 3.8) is 0 Å². The number of methoxy groups -OCH3 is 1. The van der Waals surface area contributed by atoms with Gasteiger partial charge in [0.2, 0.25) is 0 Å². The van der Waals surface area contributed by atoms with Gasteiger partial charge in [-0.3, -0.25) is 4.79 Å². The van der Waals surface area contributed by atoms with Gasteiger partial charge in [0.15, 0.2) is 5.78 Å². The average molecular weight is 383 g/mol. The fourth-order valence-electron chi connectivity index (χ4n) is 2.45. The number of hydrogen-bond donors (Lipinski definition) is 1. The molecule has 0 atom stereocenters. The Morgan fingerprint density at radius 3 is 2.48 bits per heavy atom. The van der Waals surface area contributed by atoms with E-state index in [1.807, 2.05) is 0 Å². The molecule has 1 N–H and O–H groups in total. The summed E-state index contributed by atoms with van der Waals surface area (Å²) in [5.74, 6) is 0.341. The van der Waals surface area contributed by atoms with E-state index in [0.29, 0.717) is 28.4 Å². The first-order valence-corrected chi connectivity index (χ1v) is 8.35. The third kappa shape index (κ3) is 4.27. The van der Waals surface area contributed by atoms with E-state index in [1.165, 1.54) is 18.2 Å². The molecule has 3 aromatic rings. The van der Waals surface area contributed by atoms with Crippen molar-refractivity contribution in [2.75, 3.05) is 7.11 Å². The molecule has 0 radical (unpaired) electrons. The summed E-state index contributed by atoms with van der Waals surface area (Å²) in [5, 5.41) is 9.31. The van der Waals surface area contributed by atoms with E-state index in [4.69, 9.17) is 25.9 Å². The molecular weight excluding hydrogens is 368 g/mol. The zero-order valence-corrected chi connectivity index (χ0v) is 15.1. The number of furan rings is 1. The van der Waals surface area contributed by atoms with Gasteiger partial charge in [0.25, 0.3) is 0 Å². The SMILES string of the molecule is COc1ccc(C(=O)/C=C/c2ccc(-c3ccc(Cl)c(C(=O)O)c3)o2)cc1. The third-order valence-electron chi connectivity index (χ3n) is 3.88. The first-order valence-electron chi connectivity index (χ1n) is 7.97. The number of rotatable bonds is 6. The molecule has 5 nitrogen and oxygen atoms in total. The van der Waals surface area contributed by atoms with E-state index >= 15 is 0 Å². The second-order valence-electron chi connectivity index (χ2n) is 5.63. The maximum Gasteiger partial charge on any atom is 0.337 e. The highest BCUT2D eigenvalue weighted by atomic mass is 35.5. The number of hydrogen-bond acceptors (Lipinski definition) is 4. The number of carbonyl (C=O) groups is 2. The number of ether oxygens (including phenoxy) is 1. The highest BCUT2D eigenvalue weighted by molar-refractivity contribution is 6.33. The summed E-state index contributed by atoms with van der Waals surface area (Å²) in [4.78, 5) is 23.4. The van der Waals surface area contributed by atoms with Gasteiger partial charge in [-0.2, -0.15) is 0 Å². The van der Waals surface area contributed by atoms with Crippen LogP contribution in [0.3, 0.4) is 0 Å². The smallest absolute Gasteiger partial charge is 0.337 e. The molecule has 0 spiro atoms. The zero-order valence-electron chi connectivity index (χ0n) is 14.3. The van der Waals surface area contributed by atoms with Gasteiger partial charge >= 0.3 is 5.97 Å². The van der Waals surface area contributed by atoms with Crippen molar-refractivity contribution in [1.29, 1.82) is 0 Å². The fraction of sp³-hybridized carbons (Fsp3) is 0.0476. The lowest BCUT2D eigenvalue weighted by Crippen LogP contribution is -1.97. The van der Waals surface area contributed by atoms with Crippen molar-refractivity contribution < 1.29 is 23.8 Å². The van der Waals surface area contributed by atoms with Crippen LogP contribution < -0.4 is 4.74 Å². The maximum atomic E-state index is 12.2. The Morgan fingerprint density at radius 2 is 1.81 bits per heavy atom. The number of allylic oxidation sites excluding steroid dienone is 1. The summed E-state index contributed by atoms with van der Waals surface area (Å²) < 4.78 is 10.7. The maximum absolute atomic E-state index is 12.2. The normalized spacial score (nSPS) is 10.9.